The molecule has 0 amide bonds. The summed E-state index contributed by atoms with van der Waals surface area (Å²) >= 11 is 0. The third-order valence-corrected chi connectivity index (χ3v) is 5.65. The first-order valence-electron chi connectivity index (χ1n) is 10.2. The fourth-order valence-electron chi connectivity index (χ4n) is 4.13. The van der Waals surface area contributed by atoms with Crippen LogP contribution >= 0.6 is 0 Å². The molecule has 24 heavy (non-hydrogen) atoms. The molecule has 0 saturated carbocycles. The lowest BCUT2D eigenvalue weighted by Crippen LogP contribution is -2.42. The topological polar surface area (TPSA) is 24.9 Å². The minimum Gasteiger partial charge on any atom is -0.377 e. The second kappa shape index (κ2) is 10.7. The minimum atomic E-state index is 0.360. The van der Waals surface area contributed by atoms with Crippen LogP contribution in [-0.2, 0) is 9.47 Å². The minimum absolute atomic E-state index is 0.360. The number of hydrogen-bond donors (Lipinski definition) is 0. The Kier molecular flexibility index (Phi) is 9.02. The highest BCUT2D eigenvalue weighted by Crippen LogP contribution is 2.32. The van der Waals surface area contributed by atoms with Crippen LogP contribution in [0.5, 0.6) is 0 Å². The van der Waals surface area contributed by atoms with Crippen molar-refractivity contribution >= 4 is 0 Å². The summed E-state index contributed by atoms with van der Waals surface area (Å²) in [5.41, 5.74) is 0. The standard InChI is InChI=1S/C20H40N2O2/c1-17(2)23-15-13-21-9-5-19(6-10-21)20-7-11-22(12-8-20)14-16-24-18(3)4/h17-20H,5-16H2,1-4H3. The van der Waals surface area contributed by atoms with Crippen LogP contribution in [0.4, 0.5) is 0 Å². The Morgan fingerprint density at radius 2 is 1.00 bits per heavy atom. The highest BCUT2D eigenvalue weighted by Gasteiger charge is 2.29. The zero-order valence-corrected chi connectivity index (χ0v) is 16.5. The van der Waals surface area contributed by atoms with Crippen molar-refractivity contribution in [1.82, 2.24) is 9.80 Å². The molecule has 0 bridgehead atoms. The van der Waals surface area contributed by atoms with Gasteiger partial charge in [-0.3, -0.25) is 0 Å². The van der Waals surface area contributed by atoms with Crippen LogP contribution < -0.4 is 0 Å². The molecule has 2 saturated heterocycles. The van der Waals surface area contributed by atoms with Crippen LogP contribution in [0.25, 0.3) is 0 Å². The van der Waals surface area contributed by atoms with E-state index in [1.807, 2.05) is 0 Å². The Bertz CT molecular complexity index is 288. The molecule has 0 N–H and O–H groups in total. The quantitative estimate of drug-likeness (QED) is 0.643. The summed E-state index contributed by atoms with van der Waals surface area (Å²) in [6.07, 6.45) is 6.29. The Morgan fingerprint density at radius 1 is 0.667 bits per heavy atom. The van der Waals surface area contributed by atoms with Crippen molar-refractivity contribution in [2.24, 2.45) is 11.8 Å². The smallest absolute Gasteiger partial charge is 0.0596 e. The van der Waals surface area contributed by atoms with E-state index in [9.17, 15) is 0 Å². The van der Waals surface area contributed by atoms with Crippen LogP contribution in [0.15, 0.2) is 0 Å². The molecule has 0 atom stereocenters. The average molecular weight is 341 g/mol. The van der Waals surface area contributed by atoms with Gasteiger partial charge in [0.05, 0.1) is 25.4 Å². The molecule has 0 aromatic rings. The maximum Gasteiger partial charge on any atom is 0.0596 e. The summed E-state index contributed by atoms with van der Waals surface area (Å²) < 4.78 is 11.4. The van der Waals surface area contributed by atoms with E-state index >= 15 is 0 Å². The maximum atomic E-state index is 5.69. The molecular formula is C20H40N2O2. The molecular weight excluding hydrogens is 300 g/mol. The lowest BCUT2D eigenvalue weighted by molar-refractivity contribution is 0.0331. The second-order valence-corrected chi connectivity index (χ2v) is 8.20. The monoisotopic (exact) mass is 340 g/mol. The Hall–Kier alpha value is -0.160. The van der Waals surface area contributed by atoms with E-state index in [0.29, 0.717) is 12.2 Å². The van der Waals surface area contributed by atoms with Gasteiger partial charge in [0.25, 0.3) is 0 Å². The lowest BCUT2D eigenvalue weighted by Gasteiger charge is -2.40. The van der Waals surface area contributed by atoms with Gasteiger partial charge in [-0.15, -0.1) is 0 Å². The summed E-state index contributed by atoms with van der Waals surface area (Å²) in [5.74, 6) is 1.92. The molecule has 4 nitrogen and oxygen atoms in total. The third-order valence-electron chi connectivity index (χ3n) is 5.65. The molecule has 2 aliphatic rings. The second-order valence-electron chi connectivity index (χ2n) is 8.20. The van der Waals surface area contributed by atoms with E-state index < -0.39 is 0 Å². The van der Waals surface area contributed by atoms with Gasteiger partial charge in [0.15, 0.2) is 0 Å². The molecule has 2 rings (SSSR count). The summed E-state index contributed by atoms with van der Waals surface area (Å²) in [6, 6.07) is 0. The SMILES string of the molecule is CC(C)OCCN1CCC(C2CCN(CCOC(C)C)CC2)CC1. The molecule has 0 unspecified atom stereocenters. The Balaban J connectivity index is 1.57. The van der Waals surface area contributed by atoms with E-state index in [0.717, 1.165) is 38.1 Å². The van der Waals surface area contributed by atoms with Crippen molar-refractivity contribution in [1.29, 1.82) is 0 Å². The van der Waals surface area contributed by atoms with E-state index in [-0.39, 0.29) is 0 Å². The number of nitrogens with zero attached hydrogens (tertiary/aromatic N) is 2. The average Bonchev–Trinajstić information content (AvgIpc) is 2.56. The summed E-state index contributed by atoms with van der Waals surface area (Å²) in [7, 11) is 0. The van der Waals surface area contributed by atoms with Gasteiger partial charge >= 0.3 is 0 Å². The van der Waals surface area contributed by atoms with E-state index in [4.69, 9.17) is 9.47 Å². The van der Waals surface area contributed by atoms with Crippen molar-refractivity contribution in [2.45, 2.75) is 65.6 Å². The van der Waals surface area contributed by atoms with Crippen LogP contribution in [0, 0.1) is 11.8 Å². The lowest BCUT2D eigenvalue weighted by atomic mass is 9.79. The highest BCUT2D eigenvalue weighted by atomic mass is 16.5. The van der Waals surface area contributed by atoms with Gasteiger partial charge in [0.2, 0.25) is 0 Å². The molecule has 4 heteroatoms. The molecule has 2 fully saturated rings. The number of rotatable bonds is 9. The predicted molar refractivity (Wildman–Crippen MR) is 101 cm³/mol. The number of piperidine rings is 2. The summed E-state index contributed by atoms with van der Waals surface area (Å²) in [5, 5.41) is 0. The van der Waals surface area contributed by atoms with Gasteiger partial charge in [0, 0.05) is 13.1 Å². The Labute approximate surface area is 149 Å². The van der Waals surface area contributed by atoms with Gasteiger partial charge in [-0.2, -0.15) is 0 Å². The number of hydrogen-bond acceptors (Lipinski definition) is 4. The molecule has 0 aliphatic carbocycles. The predicted octanol–water partition coefficient (Wildman–Crippen LogP) is 3.26. The van der Waals surface area contributed by atoms with Gasteiger partial charge in [-0.25, -0.2) is 0 Å². The van der Waals surface area contributed by atoms with Crippen LogP contribution in [0.1, 0.15) is 53.4 Å². The summed E-state index contributed by atoms with van der Waals surface area (Å²) in [6.45, 7) is 17.6. The van der Waals surface area contributed by atoms with Crippen molar-refractivity contribution in [2.75, 3.05) is 52.5 Å². The third kappa shape index (κ3) is 7.38. The first kappa shape index (κ1) is 20.2. The van der Waals surface area contributed by atoms with Crippen LogP contribution in [-0.4, -0.2) is 74.5 Å². The largest absolute Gasteiger partial charge is 0.377 e. The van der Waals surface area contributed by atoms with Crippen molar-refractivity contribution in [3.8, 4) is 0 Å². The van der Waals surface area contributed by atoms with Crippen molar-refractivity contribution in [3.05, 3.63) is 0 Å². The number of ether oxygens (including phenoxy) is 2. The van der Waals surface area contributed by atoms with E-state index in [1.165, 1.54) is 51.9 Å². The molecule has 0 aromatic heterocycles. The highest BCUT2D eigenvalue weighted by molar-refractivity contribution is 4.82. The molecule has 142 valence electrons. The fraction of sp³-hybridized carbons (Fsp3) is 1.00. The maximum absolute atomic E-state index is 5.69. The first-order valence-corrected chi connectivity index (χ1v) is 10.2. The first-order chi connectivity index (χ1) is 11.5. The normalized spacial score (nSPS) is 22.8. The molecule has 0 radical (unpaired) electrons. The molecule has 2 heterocycles. The molecule has 0 aromatic carbocycles. The van der Waals surface area contributed by atoms with Crippen molar-refractivity contribution in [3.63, 3.8) is 0 Å². The Morgan fingerprint density at radius 3 is 1.29 bits per heavy atom. The van der Waals surface area contributed by atoms with Gasteiger partial charge in [-0.05, 0) is 91.4 Å². The van der Waals surface area contributed by atoms with Crippen LogP contribution in [0.2, 0.25) is 0 Å². The van der Waals surface area contributed by atoms with Gasteiger partial charge < -0.3 is 19.3 Å². The van der Waals surface area contributed by atoms with E-state index in [1.54, 1.807) is 0 Å². The zero-order chi connectivity index (χ0) is 17.4. The zero-order valence-electron chi connectivity index (χ0n) is 16.5. The van der Waals surface area contributed by atoms with Gasteiger partial charge in [-0.1, -0.05) is 0 Å². The molecule has 0 spiro atoms. The van der Waals surface area contributed by atoms with E-state index in [2.05, 4.69) is 37.5 Å². The fourth-order valence-corrected chi connectivity index (χ4v) is 4.13. The number of likely N-dealkylation sites (tertiary alicyclic amines) is 2. The van der Waals surface area contributed by atoms with Crippen LogP contribution in [0.3, 0.4) is 0 Å². The molecule has 2 aliphatic heterocycles. The summed E-state index contributed by atoms with van der Waals surface area (Å²) in [4.78, 5) is 5.19. The van der Waals surface area contributed by atoms with Crippen molar-refractivity contribution < 1.29 is 9.47 Å². The van der Waals surface area contributed by atoms with Gasteiger partial charge in [0.1, 0.15) is 0 Å².